The van der Waals surface area contributed by atoms with E-state index >= 15 is 0 Å². The Morgan fingerprint density at radius 2 is 1.96 bits per heavy atom. The molecule has 0 spiro atoms. The minimum atomic E-state index is -1.37. The number of nitrogens with one attached hydrogen (secondary N) is 3. The Bertz CT molecular complexity index is 693. The maximum atomic E-state index is 12.6. The molecule has 0 radical (unpaired) electrons. The molecule has 6 amide bonds. The second kappa shape index (κ2) is 6.25. The van der Waals surface area contributed by atoms with E-state index in [9.17, 15) is 19.2 Å². The SMILES string of the molecule is CNC(=O)NC(=O)CN1C(=O)NC(C)(c2ccccc2Cl)C1=O. The van der Waals surface area contributed by atoms with Gasteiger partial charge >= 0.3 is 12.1 Å². The van der Waals surface area contributed by atoms with Gasteiger partial charge in [-0.2, -0.15) is 0 Å². The van der Waals surface area contributed by atoms with Crippen LogP contribution in [-0.4, -0.2) is 42.4 Å². The minimum Gasteiger partial charge on any atom is -0.341 e. The van der Waals surface area contributed by atoms with Crippen LogP contribution in [-0.2, 0) is 15.1 Å². The number of benzene rings is 1. The molecule has 1 fully saturated rings. The Labute approximate surface area is 137 Å². The third-order valence-electron chi connectivity index (χ3n) is 3.47. The van der Waals surface area contributed by atoms with E-state index in [1.165, 1.54) is 14.0 Å². The molecule has 3 N–H and O–H groups in total. The topological polar surface area (TPSA) is 108 Å². The highest BCUT2D eigenvalue weighted by Crippen LogP contribution is 2.33. The van der Waals surface area contributed by atoms with E-state index in [0.717, 1.165) is 4.90 Å². The molecule has 9 heteroatoms. The van der Waals surface area contributed by atoms with Crippen LogP contribution in [0.1, 0.15) is 12.5 Å². The van der Waals surface area contributed by atoms with Gasteiger partial charge in [0, 0.05) is 17.6 Å². The van der Waals surface area contributed by atoms with Crippen LogP contribution in [0.3, 0.4) is 0 Å². The van der Waals surface area contributed by atoms with Gasteiger partial charge in [-0.3, -0.25) is 19.8 Å². The second-order valence-electron chi connectivity index (χ2n) is 5.05. The zero-order valence-electron chi connectivity index (χ0n) is 12.5. The van der Waals surface area contributed by atoms with Gasteiger partial charge < -0.3 is 10.6 Å². The van der Waals surface area contributed by atoms with Crippen LogP contribution in [0.15, 0.2) is 24.3 Å². The van der Waals surface area contributed by atoms with Crippen molar-refractivity contribution in [1.82, 2.24) is 20.9 Å². The van der Waals surface area contributed by atoms with Crippen LogP contribution in [0.5, 0.6) is 0 Å². The van der Waals surface area contributed by atoms with Crippen molar-refractivity contribution in [3.8, 4) is 0 Å². The summed E-state index contributed by atoms with van der Waals surface area (Å²) in [6.45, 7) is 0.934. The Morgan fingerprint density at radius 3 is 2.57 bits per heavy atom. The number of hydrogen-bond acceptors (Lipinski definition) is 4. The Kier molecular flexibility index (Phi) is 4.55. The molecule has 1 atom stereocenters. The predicted molar refractivity (Wildman–Crippen MR) is 81.6 cm³/mol. The number of rotatable bonds is 3. The number of carbonyl (C=O) groups excluding carboxylic acids is 4. The van der Waals surface area contributed by atoms with E-state index in [1.54, 1.807) is 24.3 Å². The van der Waals surface area contributed by atoms with Crippen LogP contribution < -0.4 is 16.0 Å². The van der Waals surface area contributed by atoms with Gasteiger partial charge in [-0.25, -0.2) is 9.59 Å². The average molecular weight is 339 g/mol. The first-order chi connectivity index (χ1) is 10.8. The average Bonchev–Trinajstić information content (AvgIpc) is 2.71. The summed E-state index contributed by atoms with van der Waals surface area (Å²) in [6.07, 6.45) is 0. The van der Waals surface area contributed by atoms with Crippen LogP contribution in [0, 0.1) is 0 Å². The summed E-state index contributed by atoms with van der Waals surface area (Å²) in [6, 6.07) is 5.15. The normalized spacial score (nSPS) is 20.2. The molecule has 1 saturated heterocycles. The lowest BCUT2D eigenvalue weighted by molar-refractivity contribution is -0.134. The molecular weight excluding hydrogens is 324 g/mol. The van der Waals surface area contributed by atoms with Crippen molar-refractivity contribution in [1.29, 1.82) is 0 Å². The van der Waals surface area contributed by atoms with Crippen molar-refractivity contribution in [3.63, 3.8) is 0 Å². The molecule has 8 nitrogen and oxygen atoms in total. The molecule has 2 rings (SSSR count). The minimum absolute atomic E-state index is 0.320. The summed E-state index contributed by atoms with van der Waals surface area (Å²) in [7, 11) is 1.34. The molecule has 0 aliphatic carbocycles. The van der Waals surface area contributed by atoms with Gasteiger partial charge in [0.1, 0.15) is 12.1 Å². The lowest BCUT2D eigenvalue weighted by Gasteiger charge is -2.23. The number of nitrogens with zero attached hydrogens (tertiary/aromatic N) is 1. The van der Waals surface area contributed by atoms with Crippen LogP contribution in [0.4, 0.5) is 9.59 Å². The summed E-state index contributed by atoms with van der Waals surface area (Å²) in [5.74, 6) is -1.40. The number of halogens is 1. The predicted octanol–water partition coefficient (Wildman–Crippen LogP) is 0.563. The molecule has 0 aromatic heterocycles. The molecule has 0 bridgehead atoms. The third-order valence-corrected chi connectivity index (χ3v) is 3.80. The van der Waals surface area contributed by atoms with Crippen LogP contribution in [0.2, 0.25) is 5.02 Å². The largest absolute Gasteiger partial charge is 0.341 e. The first kappa shape index (κ1) is 16.8. The Morgan fingerprint density at radius 1 is 1.30 bits per heavy atom. The molecule has 1 unspecified atom stereocenters. The standard InChI is InChI=1S/C14H15ClN4O4/c1-14(8-5-3-4-6-9(8)15)11(21)19(13(23)18-14)7-10(20)17-12(22)16-2/h3-6H,7H2,1-2H3,(H,18,23)(H2,16,17,20,22). The van der Waals surface area contributed by atoms with E-state index in [2.05, 4.69) is 10.6 Å². The first-order valence-corrected chi connectivity index (χ1v) is 7.08. The quantitative estimate of drug-likeness (QED) is 0.700. The lowest BCUT2D eigenvalue weighted by atomic mass is 9.92. The molecule has 1 aliphatic rings. The lowest BCUT2D eigenvalue weighted by Crippen LogP contribution is -2.46. The maximum absolute atomic E-state index is 12.6. The summed E-state index contributed by atoms with van der Waals surface area (Å²) in [5.41, 5.74) is -0.947. The fraction of sp³-hybridized carbons (Fsp3) is 0.286. The molecule has 23 heavy (non-hydrogen) atoms. The fourth-order valence-corrected chi connectivity index (χ4v) is 2.59. The van der Waals surface area contributed by atoms with E-state index in [0.29, 0.717) is 10.6 Å². The van der Waals surface area contributed by atoms with Crippen LogP contribution in [0.25, 0.3) is 0 Å². The smallest absolute Gasteiger partial charge is 0.325 e. The van der Waals surface area contributed by atoms with Crippen molar-refractivity contribution in [2.75, 3.05) is 13.6 Å². The molecular formula is C14H15ClN4O4. The van der Waals surface area contributed by atoms with Gasteiger partial charge in [-0.15, -0.1) is 0 Å². The summed E-state index contributed by atoms with van der Waals surface area (Å²) in [4.78, 5) is 48.2. The van der Waals surface area contributed by atoms with Crippen molar-refractivity contribution in [2.45, 2.75) is 12.5 Å². The zero-order chi connectivity index (χ0) is 17.2. The highest BCUT2D eigenvalue weighted by Gasteiger charge is 2.50. The second-order valence-corrected chi connectivity index (χ2v) is 5.46. The summed E-state index contributed by atoms with van der Waals surface area (Å²) in [5, 5.41) is 7.04. The third kappa shape index (κ3) is 3.11. The van der Waals surface area contributed by atoms with Gasteiger partial charge in [0.05, 0.1) is 0 Å². The van der Waals surface area contributed by atoms with Crippen molar-refractivity contribution < 1.29 is 19.2 Å². The molecule has 122 valence electrons. The van der Waals surface area contributed by atoms with E-state index in [-0.39, 0.29) is 0 Å². The van der Waals surface area contributed by atoms with Crippen molar-refractivity contribution in [3.05, 3.63) is 34.9 Å². The Balaban J connectivity index is 2.22. The van der Waals surface area contributed by atoms with Gasteiger partial charge in [-0.05, 0) is 13.0 Å². The fourth-order valence-electron chi connectivity index (χ4n) is 2.26. The monoisotopic (exact) mass is 338 g/mol. The van der Waals surface area contributed by atoms with E-state index in [1.807, 2.05) is 5.32 Å². The highest BCUT2D eigenvalue weighted by molar-refractivity contribution is 6.32. The Hall–Kier alpha value is -2.61. The van der Waals surface area contributed by atoms with E-state index < -0.39 is 36.0 Å². The van der Waals surface area contributed by atoms with Gasteiger partial charge in [0.25, 0.3) is 5.91 Å². The number of carbonyl (C=O) groups is 4. The number of amides is 6. The molecule has 1 aliphatic heterocycles. The van der Waals surface area contributed by atoms with Crippen molar-refractivity contribution in [2.24, 2.45) is 0 Å². The van der Waals surface area contributed by atoms with Gasteiger partial charge in [0.2, 0.25) is 5.91 Å². The number of urea groups is 2. The molecule has 1 aromatic rings. The maximum Gasteiger partial charge on any atom is 0.325 e. The van der Waals surface area contributed by atoms with E-state index in [4.69, 9.17) is 11.6 Å². The zero-order valence-corrected chi connectivity index (χ0v) is 13.2. The number of imide groups is 2. The molecule has 1 aromatic carbocycles. The summed E-state index contributed by atoms with van der Waals surface area (Å²) < 4.78 is 0. The van der Waals surface area contributed by atoms with Crippen molar-refractivity contribution >= 4 is 35.5 Å². The van der Waals surface area contributed by atoms with Gasteiger partial charge in [0.15, 0.2) is 0 Å². The highest BCUT2D eigenvalue weighted by atomic mass is 35.5. The van der Waals surface area contributed by atoms with Crippen LogP contribution >= 0.6 is 11.6 Å². The first-order valence-electron chi connectivity index (χ1n) is 6.70. The molecule has 1 heterocycles. The summed E-state index contributed by atoms with van der Waals surface area (Å²) >= 11 is 6.09. The molecule has 0 saturated carbocycles. The van der Waals surface area contributed by atoms with Gasteiger partial charge in [-0.1, -0.05) is 29.8 Å². The number of hydrogen-bond donors (Lipinski definition) is 3.